The smallest absolute Gasteiger partial charge is 0.249 e. The first-order valence-electron chi connectivity index (χ1n) is 12.7. The van der Waals surface area contributed by atoms with E-state index in [-0.39, 0.29) is 23.5 Å². The van der Waals surface area contributed by atoms with Crippen molar-refractivity contribution in [1.29, 1.82) is 0 Å². The average molecular weight is 442 g/mol. The Kier molecular flexibility index (Phi) is 6.24. The Balaban J connectivity index is 1.14. The number of hydrogen-bond donors (Lipinski definition) is 2. The molecule has 1 atom stereocenters. The largest absolute Gasteiger partial charge is 0.374 e. The molecule has 2 saturated heterocycles. The van der Waals surface area contributed by atoms with E-state index in [0.717, 1.165) is 31.2 Å². The van der Waals surface area contributed by atoms with Gasteiger partial charge in [0.25, 0.3) is 0 Å². The van der Waals surface area contributed by atoms with Crippen LogP contribution in [0.3, 0.4) is 0 Å². The Morgan fingerprint density at radius 2 is 1.69 bits per heavy atom. The summed E-state index contributed by atoms with van der Waals surface area (Å²) in [7, 11) is 0. The van der Waals surface area contributed by atoms with Gasteiger partial charge in [-0.1, -0.05) is 18.9 Å². The van der Waals surface area contributed by atoms with Crippen LogP contribution in [-0.4, -0.2) is 41.9 Å². The second-order valence-electron chi connectivity index (χ2n) is 10.6. The third-order valence-corrected chi connectivity index (χ3v) is 8.76. The Hall–Kier alpha value is -1.95. The quantitative estimate of drug-likeness (QED) is 0.664. The molecule has 174 valence electrons. The van der Waals surface area contributed by atoms with E-state index in [9.17, 15) is 14.0 Å². The predicted octanol–water partition coefficient (Wildman–Crippen LogP) is 4.73. The summed E-state index contributed by atoms with van der Waals surface area (Å²) in [5.74, 6) is -0.484. The molecule has 1 aromatic carbocycles. The molecular formula is C26H36FN3O2. The van der Waals surface area contributed by atoms with Gasteiger partial charge in [-0.3, -0.25) is 14.9 Å². The van der Waals surface area contributed by atoms with Gasteiger partial charge in [0.2, 0.25) is 11.8 Å². The molecule has 32 heavy (non-hydrogen) atoms. The third-order valence-electron chi connectivity index (χ3n) is 8.76. The van der Waals surface area contributed by atoms with Crippen molar-refractivity contribution < 1.29 is 14.0 Å². The summed E-state index contributed by atoms with van der Waals surface area (Å²) < 4.78 is 15.0. The van der Waals surface area contributed by atoms with Crippen LogP contribution in [0.5, 0.6) is 0 Å². The van der Waals surface area contributed by atoms with E-state index >= 15 is 0 Å². The van der Waals surface area contributed by atoms with Crippen LogP contribution in [0.4, 0.5) is 10.1 Å². The van der Waals surface area contributed by atoms with E-state index in [1.165, 1.54) is 57.7 Å². The number of halogens is 1. The maximum absolute atomic E-state index is 15.0. The number of carbonyl (C=O) groups is 2. The molecule has 0 bridgehead atoms. The van der Waals surface area contributed by atoms with Crippen LogP contribution < -0.4 is 10.6 Å². The summed E-state index contributed by atoms with van der Waals surface area (Å²) >= 11 is 0. The lowest BCUT2D eigenvalue weighted by Crippen LogP contribution is -2.47. The standard InChI is InChI=1S/C26H36FN3O2/c27-22-17-19(28-23-9-10-24(31)29-25(23)32)5-8-21(22)18-3-6-20(7-4-18)30-15-13-26(14-16-30)11-1-2-12-26/h5,8,17-18,20,23,28H,1-4,6-7,9-16H2,(H,29,31,32). The Morgan fingerprint density at radius 1 is 0.969 bits per heavy atom. The first-order valence-corrected chi connectivity index (χ1v) is 12.7. The van der Waals surface area contributed by atoms with Crippen LogP contribution in [0.25, 0.3) is 0 Å². The van der Waals surface area contributed by atoms with E-state index in [0.29, 0.717) is 30.0 Å². The van der Waals surface area contributed by atoms with Crippen molar-refractivity contribution in [2.24, 2.45) is 5.41 Å². The van der Waals surface area contributed by atoms with Crippen molar-refractivity contribution in [3.63, 3.8) is 0 Å². The maximum atomic E-state index is 15.0. The van der Waals surface area contributed by atoms with Gasteiger partial charge in [-0.25, -0.2) is 4.39 Å². The number of piperidine rings is 2. The summed E-state index contributed by atoms with van der Waals surface area (Å²) in [6, 6.07) is 5.46. The fraction of sp³-hybridized carbons (Fsp3) is 0.692. The van der Waals surface area contributed by atoms with Gasteiger partial charge < -0.3 is 10.2 Å². The van der Waals surface area contributed by atoms with Gasteiger partial charge in [-0.2, -0.15) is 0 Å². The number of likely N-dealkylation sites (tertiary alicyclic amines) is 1. The summed E-state index contributed by atoms with van der Waals surface area (Å²) in [5, 5.41) is 5.42. The zero-order valence-electron chi connectivity index (χ0n) is 19.0. The fourth-order valence-electron chi connectivity index (χ4n) is 6.72. The lowest BCUT2D eigenvalue weighted by atomic mass is 9.75. The first kappa shape index (κ1) is 21.9. The topological polar surface area (TPSA) is 61.4 Å². The SMILES string of the molecule is O=C1CCC(Nc2ccc(C3CCC(N4CCC5(CCCC5)CC4)CC3)c(F)c2)C(=O)N1. The molecule has 0 aromatic heterocycles. The van der Waals surface area contributed by atoms with Gasteiger partial charge in [0.15, 0.2) is 0 Å². The fourth-order valence-corrected chi connectivity index (χ4v) is 6.72. The summed E-state index contributed by atoms with van der Waals surface area (Å²) in [6.45, 7) is 2.51. The van der Waals surface area contributed by atoms with Crippen molar-refractivity contribution in [1.82, 2.24) is 10.2 Å². The van der Waals surface area contributed by atoms with Crippen molar-refractivity contribution in [2.45, 2.75) is 95.1 Å². The summed E-state index contributed by atoms with van der Waals surface area (Å²) in [5.41, 5.74) is 2.07. The molecule has 2 saturated carbocycles. The first-order chi connectivity index (χ1) is 15.5. The number of nitrogens with one attached hydrogen (secondary N) is 2. The zero-order chi connectivity index (χ0) is 22.1. The van der Waals surface area contributed by atoms with Crippen LogP contribution in [0, 0.1) is 11.2 Å². The highest BCUT2D eigenvalue weighted by Gasteiger charge is 2.39. The minimum Gasteiger partial charge on any atom is -0.374 e. The maximum Gasteiger partial charge on any atom is 0.249 e. The number of anilines is 1. The minimum atomic E-state index is -0.485. The van der Waals surface area contributed by atoms with Crippen LogP contribution in [0.2, 0.25) is 0 Å². The predicted molar refractivity (Wildman–Crippen MR) is 123 cm³/mol. The number of rotatable bonds is 4. The summed E-state index contributed by atoms with van der Waals surface area (Å²) in [6.07, 6.45) is 13.7. The van der Waals surface area contributed by atoms with Crippen LogP contribution in [0.15, 0.2) is 18.2 Å². The number of benzene rings is 1. The van der Waals surface area contributed by atoms with E-state index in [1.54, 1.807) is 0 Å². The highest BCUT2D eigenvalue weighted by Crippen LogP contribution is 2.47. The molecule has 4 fully saturated rings. The second kappa shape index (κ2) is 9.12. The highest BCUT2D eigenvalue weighted by molar-refractivity contribution is 6.01. The van der Waals surface area contributed by atoms with Crippen molar-refractivity contribution in [3.05, 3.63) is 29.6 Å². The van der Waals surface area contributed by atoms with Gasteiger partial charge in [-0.15, -0.1) is 0 Å². The Labute approximate surface area is 190 Å². The molecule has 2 heterocycles. The average Bonchev–Trinajstić information content (AvgIpc) is 3.24. The number of nitrogens with zero attached hydrogens (tertiary/aromatic N) is 1. The van der Waals surface area contributed by atoms with E-state index in [2.05, 4.69) is 15.5 Å². The van der Waals surface area contributed by atoms with E-state index < -0.39 is 6.04 Å². The van der Waals surface area contributed by atoms with E-state index in [4.69, 9.17) is 0 Å². The van der Waals surface area contributed by atoms with Gasteiger partial charge in [0.1, 0.15) is 11.9 Å². The number of hydrogen-bond acceptors (Lipinski definition) is 4. The number of carbonyl (C=O) groups excluding carboxylic acids is 2. The lowest BCUT2D eigenvalue weighted by molar-refractivity contribution is -0.133. The molecule has 5 rings (SSSR count). The van der Waals surface area contributed by atoms with Crippen LogP contribution in [0.1, 0.15) is 88.5 Å². The molecule has 2 amide bonds. The zero-order valence-corrected chi connectivity index (χ0v) is 19.0. The molecule has 5 nitrogen and oxygen atoms in total. The van der Waals surface area contributed by atoms with E-state index in [1.807, 2.05) is 12.1 Å². The van der Waals surface area contributed by atoms with Crippen LogP contribution >= 0.6 is 0 Å². The molecule has 6 heteroatoms. The van der Waals surface area contributed by atoms with Crippen molar-refractivity contribution in [3.8, 4) is 0 Å². The normalized spacial score (nSPS) is 31.0. The molecule has 2 N–H and O–H groups in total. The molecule has 4 aliphatic rings. The molecule has 0 radical (unpaired) electrons. The van der Waals surface area contributed by atoms with Gasteiger partial charge in [-0.05, 0) is 99.9 Å². The minimum absolute atomic E-state index is 0.188. The van der Waals surface area contributed by atoms with Gasteiger partial charge in [0.05, 0.1) is 0 Å². The molecule has 1 spiro atoms. The molecule has 2 aliphatic carbocycles. The van der Waals surface area contributed by atoms with Crippen LogP contribution in [-0.2, 0) is 9.59 Å². The summed E-state index contributed by atoms with van der Waals surface area (Å²) in [4.78, 5) is 26.0. The van der Waals surface area contributed by atoms with Gasteiger partial charge >= 0.3 is 0 Å². The highest BCUT2D eigenvalue weighted by atomic mass is 19.1. The van der Waals surface area contributed by atoms with Gasteiger partial charge in [0, 0.05) is 18.2 Å². The third kappa shape index (κ3) is 4.57. The Bertz CT molecular complexity index is 849. The number of amides is 2. The second-order valence-corrected chi connectivity index (χ2v) is 10.6. The molecular weight excluding hydrogens is 405 g/mol. The Morgan fingerprint density at radius 3 is 2.34 bits per heavy atom. The lowest BCUT2D eigenvalue weighted by Gasteiger charge is -2.44. The van der Waals surface area contributed by atoms with Crippen molar-refractivity contribution in [2.75, 3.05) is 18.4 Å². The monoisotopic (exact) mass is 441 g/mol. The molecule has 2 aliphatic heterocycles. The molecule has 1 aromatic rings. The number of imide groups is 1. The van der Waals surface area contributed by atoms with Crippen molar-refractivity contribution >= 4 is 17.5 Å². The molecule has 1 unspecified atom stereocenters.